The van der Waals surface area contributed by atoms with Crippen LogP contribution in [0.4, 0.5) is 13.2 Å². The first-order valence-electron chi connectivity index (χ1n) is 6.98. The smallest absolute Gasteiger partial charge is 0.308 e. The number of rotatable bonds is 4. The van der Waals surface area contributed by atoms with Crippen LogP contribution >= 0.6 is 11.3 Å². The van der Waals surface area contributed by atoms with E-state index >= 15 is 0 Å². The lowest BCUT2D eigenvalue weighted by Crippen LogP contribution is -2.28. The molecule has 2 atom stereocenters. The second-order valence-electron chi connectivity index (χ2n) is 5.67. The Hall–Kier alpha value is -0.690. The summed E-state index contributed by atoms with van der Waals surface area (Å²) >= 11 is 1.44. The van der Waals surface area contributed by atoms with Gasteiger partial charge in [0.25, 0.3) is 0 Å². The summed E-state index contributed by atoms with van der Waals surface area (Å²) in [6, 6.07) is 0.353. The van der Waals surface area contributed by atoms with Crippen molar-refractivity contribution in [3.63, 3.8) is 0 Å². The highest BCUT2D eigenvalue weighted by Crippen LogP contribution is 2.44. The first-order chi connectivity index (χ1) is 9.36. The predicted octanol–water partition coefficient (Wildman–Crippen LogP) is 3.87. The average Bonchev–Trinajstić information content (AvgIpc) is 2.84. The van der Waals surface area contributed by atoms with Crippen LogP contribution in [0.2, 0.25) is 0 Å². The Morgan fingerprint density at radius 2 is 2.05 bits per heavy atom. The number of alkyl halides is 3. The summed E-state index contributed by atoms with van der Waals surface area (Å²) in [5.41, 5.74) is 0. The highest BCUT2D eigenvalue weighted by molar-refractivity contribution is 7.11. The fraction of sp³-hybridized carbons (Fsp3) is 0.846. The molecule has 20 heavy (non-hydrogen) atoms. The van der Waals surface area contributed by atoms with Gasteiger partial charge in [-0.3, -0.25) is 0 Å². The summed E-state index contributed by atoms with van der Waals surface area (Å²) in [5, 5.41) is 13.0. The SMILES string of the molecule is CC(C)NCc1nnc(C2CCCC(C(F)(F)F)C2)s1. The third-order valence-corrected chi connectivity index (χ3v) is 4.72. The summed E-state index contributed by atoms with van der Waals surface area (Å²) < 4.78 is 38.4. The molecule has 0 aliphatic heterocycles. The van der Waals surface area contributed by atoms with E-state index in [4.69, 9.17) is 0 Å². The number of nitrogens with zero attached hydrogens (tertiary/aromatic N) is 2. The second-order valence-corrected chi connectivity index (χ2v) is 6.77. The van der Waals surface area contributed by atoms with Gasteiger partial charge in [-0.2, -0.15) is 13.2 Å². The maximum absolute atomic E-state index is 12.8. The Kier molecular flexibility index (Phi) is 5.01. The minimum Gasteiger partial charge on any atom is -0.308 e. The van der Waals surface area contributed by atoms with Gasteiger partial charge in [0.15, 0.2) is 0 Å². The van der Waals surface area contributed by atoms with Crippen LogP contribution in [0.3, 0.4) is 0 Å². The standard InChI is InChI=1S/C13H20F3N3S/c1-8(2)17-7-11-18-19-12(20-11)9-4-3-5-10(6-9)13(14,15)16/h8-10,17H,3-7H2,1-2H3. The van der Waals surface area contributed by atoms with Gasteiger partial charge in [0.1, 0.15) is 10.0 Å². The fourth-order valence-electron chi connectivity index (χ4n) is 2.51. The van der Waals surface area contributed by atoms with Crippen LogP contribution in [0.1, 0.15) is 55.5 Å². The molecule has 114 valence electrons. The summed E-state index contributed by atoms with van der Waals surface area (Å²) in [7, 11) is 0. The van der Waals surface area contributed by atoms with Crippen molar-refractivity contribution in [3.05, 3.63) is 10.0 Å². The predicted molar refractivity (Wildman–Crippen MR) is 72.6 cm³/mol. The van der Waals surface area contributed by atoms with Gasteiger partial charge in [0.2, 0.25) is 0 Å². The maximum atomic E-state index is 12.8. The molecule has 1 fully saturated rings. The average molecular weight is 307 g/mol. The van der Waals surface area contributed by atoms with Crippen LogP contribution in [0.25, 0.3) is 0 Å². The molecule has 1 saturated carbocycles. The van der Waals surface area contributed by atoms with Gasteiger partial charge >= 0.3 is 6.18 Å². The largest absolute Gasteiger partial charge is 0.391 e. The van der Waals surface area contributed by atoms with E-state index in [2.05, 4.69) is 15.5 Å². The Balaban J connectivity index is 1.97. The van der Waals surface area contributed by atoms with Gasteiger partial charge in [-0.05, 0) is 19.3 Å². The van der Waals surface area contributed by atoms with Crippen molar-refractivity contribution >= 4 is 11.3 Å². The third kappa shape index (κ3) is 4.15. The van der Waals surface area contributed by atoms with Crippen molar-refractivity contribution in [1.82, 2.24) is 15.5 Å². The van der Waals surface area contributed by atoms with Crippen LogP contribution in [-0.4, -0.2) is 22.4 Å². The molecule has 1 heterocycles. The van der Waals surface area contributed by atoms with Crippen molar-refractivity contribution in [2.75, 3.05) is 0 Å². The number of hydrogen-bond acceptors (Lipinski definition) is 4. The molecule has 0 bridgehead atoms. The number of aromatic nitrogens is 2. The Bertz CT molecular complexity index is 431. The summed E-state index contributed by atoms with van der Waals surface area (Å²) in [6.07, 6.45) is -2.26. The molecule has 1 aliphatic carbocycles. The van der Waals surface area contributed by atoms with E-state index in [9.17, 15) is 13.2 Å². The molecule has 2 unspecified atom stereocenters. The molecule has 1 N–H and O–H groups in total. The van der Waals surface area contributed by atoms with Crippen LogP contribution < -0.4 is 5.32 Å². The Labute approximate surface area is 121 Å². The highest BCUT2D eigenvalue weighted by Gasteiger charge is 2.43. The van der Waals surface area contributed by atoms with Crippen molar-refractivity contribution in [3.8, 4) is 0 Å². The molecule has 1 aromatic heterocycles. The molecule has 0 spiro atoms. The van der Waals surface area contributed by atoms with Crippen LogP contribution in [0.5, 0.6) is 0 Å². The van der Waals surface area contributed by atoms with Crippen molar-refractivity contribution in [2.24, 2.45) is 5.92 Å². The number of halogens is 3. The van der Waals surface area contributed by atoms with E-state index in [1.165, 1.54) is 11.3 Å². The van der Waals surface area contributed by atoms with Gasteiger partial charge in [-0.25, -0.2) is 0 Å². The Morgan fingerprint density at radius 3 is 2.70 bits per heavy atom. The molecule has 1 aromatic rings. The van der Waals surface area contributed by atoms with Gasteiger partial charge < -0.3 is 5.32 Å². The highest BCUT2D eigenvalue weighted by atomic mass is 32.1. The summed E-state index contributed by atoms with van der Waals surface area (Å²) in [5.74, 6) is -1.26. The number of hydrogen-bond donors (Lipinski definition) is 1. The maximum Gasteiger partial charge on any atom is 0.391 e. The molecule has 0 saturated heterocycles. The molecule has 0 aromatic carbocycles. The van der Waals surface area contributed by atoms with Gasteiger partial charge in [0.05, 0.1) is 5.92 Å². The summed E-state index contributed by atoms with van der Waals surface area (Å²) in [6.45, 7) is 4.71. The van der Waals surface area contributed by atoms with Gasteiger partial charge in [-0.15, -0.1) is 10.2 Å². The normalized spacial score (nSPS) is 24.3. The molecule has 0 amide bonds. The fourth-order valence-corrected chi connectivity index (χ4v) is 3.45. The lowest BCUT2D eigenvalue weighted by atomic mass is 9.81. The quantitative estimate of drug-likeness (QED) is 0.917. The minimum atomic E-state index is -4.08. The zero-order valence-electron chi connectivity index (χ0n) is 11.7. The molecular weight excluding hydrogens is 287 g/mol. The van der Waals surface area contributed by atoms with Crippen LogP contribution in [0.15, 0.2) is 0 Å². The lowest BCUT2D eigenvalue weighted by molar-refractivity contribution is -0.183. The minimum absolute atomic E-state index is 0.0827. The molecule has 1 aliphatic rings. The third-order valence-electron chi connectivity index (χ3n) is 3.63. The monoisotopic (exact) mass is 307 g/mol. The Morgan fingerprint density at radius 1 is 1.30 bits per heavy atom. The summed E-state index contributed by atoms with van der Waals surface area (Å²) in [4.78, 5) is 0. The van der Waals surface area contributed by atoms with E-state index in [1.54, 1.807) is 0 Å². The zero-order chi connectivity index (χ0) is 14.8. The van der Waals surface area contributed by atoms with E-state index in [-0.39, 0.29) is 18.8 Å². The van der Waals surface area contributed by atoms with Gasteiger partial charge in [0, 0.05) is 18.5 Å². The van der Waals surface area contributed by atoms with E-state index in [0.717, 1.165) is 16.4 Å². The topological polar surface area (TPSA) is 37.8 Å². The van der Waals surface area contributed by atoms with E-state index in [1.807, 2.05) is 13.8 Å². The molecule has 3 nitrogen and oxygen atoms in total. The first kappa shape index (κ1) is 15.7. The van der Waals surface area contributed by atoms with Crippen molar-refractivity contribution in [1.29, 1.82) is 0 Å². The molecular formula is C13H20F3N3S. The van der Waals surface area contributed by atoms with E-state index in [0.29, 0.717) is 19.0 Å². The zero-order valence-corrected chi connectivity index (χ0v) is 12.5. The molecule has 0 radical (unpaired) electrons. The van der Waals surface area contributed by atoms with E-state index < -0.39 is 12.1 Å². The van der Waals surface area contributed by atoms with Crippen molar-refractivity contribution < 1.29 is 13.2 Å². The first-order valence-corrected chi connectivity index (χ1v) is 7.80. The van der Waals surface area contributed by atoms with Crippen LogP contribution in [0, 0.1) is 5.92 Å². The van der Waals surface area contributed by atoms with Crippen molar-refractivity contribution in [2.45, 2.75) is 64.2 Å². The second kappa shape index (κ2) is 6.39. The molecule has 7 heteroatoms. The lowest BCUT2D eigenvalue weighted by Gasteiger charge is -2.29. The number of nitrogens with one attached hydrogen (secondary N) is 1. The van der Waals surface area contributed by atoms with Crippen LogP contribution in [-0.2, 0) is 6.54 Å². The van der Waals surface area contributed by atoms with Gasteiger partial charge in [-0.1, -0.05) is 31.6 Å². The molecule has 2 rings (SSSR count).